The number of hydrogen-bond acceptors (Lipinski definition) is 5. The van der Waals surface area contributed by atoms with Crippen LogP contribution in [0, 0.1) is 0 Å². The number of anilines is 2. The number of hydrogen-bond donors (Lipinski definition) is 1. The highest BCUT2D eigenvalue weighted by molar-refractivity contribution is 5.91. The number of carbonyl (C=O) groups is 1. The number of carbonyl (C=O) groups excluding carboxylic acids is 1. The highest BCUT2D eigenvalue weighted by Gasteiger charge is 2.10. The summed E-state index contributed by atoms with van der Waals surface area (Å²) in [6.45, 7) is 3.22. The molecule has 1 fully saturated rings. The van der Waals surface area contributed by atoms with Crippen LogP contribution in [0.2, 0.25) is 0 Å². The Hall–Kier alpha value is -2.86. The highest BCUT2D eigenvalue weighted by Crippen LogP contribution is 2.16. The van der Waals surface area contributed by atoms with Gasteiger partial charge in [0.05, 0.1) is 19.4 Å². The van der Waals surface area contributed by atoms with Crippen molar-refractivity contribution in [3.63, 3.8) is 0 Å². The van der Waals surface area contributed by atoms with Crippen molar-refractivity contribution >= 4 is 23.5 Å². The van der Waals surface area contributed by atoms with Crippen molar-refractivity contribution in [2.45, 2.75) is 0 Å². The van der Waals surface area contributed by atoms with E-state index in [1.165, 1.54) is 5.69 Å². The molecular formula is C19H21N3O3. The highest BCUT2D eigenvalue weighted by atomic mass is 16.6. The fraction of sp³-hybridized carbons (Fsp3) is 0.263. The standard InChI is InChI=1S/C19H21N3O3/c23-19(21-17-4-2-1-3-5-17)15-25-20-14-16-6-8-18(9-7-16)22-10-12-24-13-11-22/h1-9,14H,10-13,15H2,(H,21,23). The van der Waals surface area contributed by atoms with E-state index in [-0.39, 0.29) is 12.5 Å². The first-order valence-corrected chi connectivity index (χ1v) is 8.24. The Bertz CT molecular complexity index is 696. The molecule has 0 radical (unpaired) electrons. The fourth-order valence-electron chi connectivity index (χ4n) is 2.51. The van der Waals surface area contributed by atoms with Crippen molar-refractivity contribution in [2.24, 2.45) is 5.16 Å². The maximum atomic E-state index is 11.7. The minimum atomic E-state index is -0.244. The van der Waals surface area contributed by atoms with Crippen LogP contribution in [-0.2, 0) is 14.4 Å². The van der Waals surface area contributed by atoms with Gasteiger partial charge in [0.1, 0.15) is 0 Å². The van der Waals surface area contributed by atoms with Gasteiger partial charge >= 0.3 is 0 Å². The molecule has 0 spiro atoms. The Kier molecular flexibility index (Phi) is 6.01. The topological polar surface area (TPSA) is 63.2 Å². The van der Waals surface area contributed by atoms with E-state index in [0.29, 0.717) is 0 Å². The summed E-state index contributed by atoms with van der Waals surface area (Å²) in [4.78, 5) is 19.1. The lowest BCUT2D eigenvalue weighted by atomic mass is 10.2. The molecule has 0 atom stereocenters. The zero-order valence-electron chi connectivity index (χ0n) is 13.9. The van der Waals surface area contributed by atoms with Crippen molar-refractivity contribution in [3.05, 3.63) is 60.2 Å². The Morgan fingerprint density at radius 3 is 2.56 bits per heavy atom. The molecule has 2 aromatic carbocycles. The molecule has 0 aliphatic carbocycles. The van der Waals surface area contributed by atoms with Gasteiger partial charge in [-0.15, -0.1) is 0 Å². The molecule has 1 aliphatic heterocycles. The summed E-state index contributed by atoms with van der Waals surface area (Å²) in [5.41, 5.74) is 2.82. The van der Waals surface area contributed by atoms with E-state index < -0.39 is 0 Å². The average molecular weight is 339 g/mol. The molecular weight excluding hydrogens is 318 g/mol. The normalized spacial score (nSPS) is 14.5. The summed E-state index contributed by atoms with van der Waals surface area (Å²) in [7, 11) is 0. The number of amides is 1. The van der Waals surface area contributed by atoms with Gasteiger partial charge in [-0.25, -0.2) is 0 Å². The third kappa shape index (κ3) is 5.32. The Balaban J connectivity index is 1.43. The van der Waals surface area contributed by atoms with Gasteiger partial charge in [0.2, 0.25) is 0 Å². The third-order valence-corrected chi connectivity index (χ3v) is 3.80. The number of ether oxygens (including phenoxy) is 1. The molecule has 3 rings (SSSR count). The van der Waals surface area contributed by atoms with Crippen LogP contribution in [0.3, 0.4) is 0 Å². The molecule has 1 amide bonds. The van der Waals surface area contributed by atoms with Gasteiger partial charge < -0.3 is 19.8 Å². The zero-order chi connectivity index (χ0) is 17.3. The molecule has 0 bridgehead atoms. The summed E-state index contributed by atoms with van der Waals surface area (Å²) in [6.07, 6.45) is 1.60. The largest absolute Gasteiger partial charge is 0.386 e. The Morgan fingerprint density at radius 1 is 1.12 bits per heavy atom. The fourth-order valence-corrected chi connectivity index (χ4v) is 2.51. The zero-order valence-corrected chi connectivity index (χ0v) is 13.9. The first-order valence-electron chi connectivity index (χ1n) is 8.24. The molecule has 2 aromatic rings. The first kappa shape index (κ1) is 17.0. The molecule has 0 aromatic heterocycles. The third-order valence-electron chi connectivity index (χ3n) is 3.80. The number of oxime groups is 1. The molecule has 1 heterocycles. The lowest BCUT2D eigenvalue weighted by molar-refractivity contribution is -0.120. The van der Waals surface area contributed by atoms with E-state index >= 15 is 0 Å². The summed E-state index contributed by atoms with van der Waals surface area (Å²) >= 11 is 0. The quantitative estimate of drug-likeness (QED) is 0.649. The molecule has 1 saturated heterocycles. The number of rotatable bonds is 6. The maximum Gasteiger partial charge on any atom is 0.265 e. The monoisotopic (exact) mass is 339 g/mol. The molecule has 6 heteroatoms. The smallest absolute Gasteiger partial charge is 0.265 e. The van der Waals surface area contributed by atoms with Crippen LogP contribution in [0.4, 0.5) is 11.4 Å². The molecule has 6 nitrogen and oxygen atoms in total. The number of nitrogens with one attached hydrogen (secondary N) is 1. The van der Waals surface area contributed by atoms with Crippen molar-refractivity contribution in [3.8, 4) is 0 Å². The Labute approximate surface area is 147 Å². The SMILES string of the molecule is O=C(CON=Cc1ccc(N2CCOCC2)cc1)Nc1ccccc1. The van der Waals surface area contributed by atoms with Gasteiger partial charge in [-0.1, -0.05) is 35.5 Å². The van der Waals surface area contributed by atoms with Crippen LogP contribution in [0.15, 0.2) is 59.8 Å². The van der Waals surface area contributed by atoms with Gasteiger partial charge in [-0.3, -0.25) is 4.79 Å². The van der Waals surface area contributed by atoms with Crippen LogP contribution >= 0.6 is 0 Å². The number of morpholine rings is 1. The van der Waals surface area contributed by atoms with Gasteiger partial charge in [0.15, 0.2) is 6.61 Å². The lowest BCUT2D eigenvalue weighted by Gasteiger charge is -2.28. The molecule has 1 aliphatic rings. The van der Waals surface area contributed by atoms with E-state index in [4.69, 9.17) is 9.57 Å². The minimum Gasteiger partial charge on any atom is -0.386 e. The maximum absolute atomic E-state index is 11.7. The second-order valence-electron chi connectivity index (χ2n) is 5.61. The summed E-state index contributed by atoms with van der Waals surface area (Å²) in [5, 5.41) is 6.58. The van der Waals surface area contributed by atoms with Gasteiger partial charge in [-0.05, 0) is 29.8 Å². The van der Waals surface area contributed by atoms with Gasteiger partial charge in [0.25, 0.3) is 5.91 Å². The number of para-hydroxylation sites is 1. The lowest BCUT2D eigenvalue weighted by Crippen LogP contribution is -2.36. The van der Waals surface area contributed by atoms with Gasteiger partial charge in [0, 0.05) is 24.5 Å². The molecule has 25 heavy (non-hydrogen) atoms. The van der Waals surface area contributed by atoms with Crippen molar-refractivity contribution < 1.29 is 14.4 Å². The van der Waals surface area contributed by atoms with E-state index in [2.05, 4.69) is 27.5 Å². The number of nitrogens with zero attached hydrogens (tertiary/aromatic N) is 2. The van der Waals surface area contributed by atoms with Crippen LogP contribution in [-0.4, -0.2) is 45.0 Å². The van der Waals surface area contributed by atoms with E-state index in [1.54, 1.807) is 6.21 Å². The number of benzene rings is 2. The summed E-state index contributed by atoms with van der Waals surface area (Å²) < 4.78 is 5.36. The van der Waals surface area contributed by atoms with Crippen molar-refractivity contribution in [1.82, 2.24) is 0 Å². The van der Waals surface area contributed by atoms with Crippen LogP contribution in [0.1, 0.15) is 5.56 Å². The van der Waals surface area contributed by atoms with Crippen molar-refractivity contribution in [2.75, 3.05) is 43.1 Å². The second-order valence-corrected chi connectivity index (χ2v) is 5.61. The minimum absolute atomic E-state index is 0.128. The molecule has 0 unspecified atom stereocenters. The van der Waals surface area contributed by atoms with Crippen LogP contribution in [0.25, 0.3) is 0 Å². The molecule has 130 valence electrons. The Morgan fingerprint density at radius 2 is 1.84 bits per heavy atom. The summed E-state index contributed by atoms with van der Waals surface area (Å²) in [6, 6.07) is 17.3. The van der Waals surface area contributed by atoms with E-state index in [1.807, 2.05) is 42.5 Å². The van der Waals surface area contributed by atoms with Gasteiger partial charge in [-0.2, -0.15) is 0 Å². The van der Waals surface area contributed by atoms with Crippen LogP contribution in [0.5, 0.6) is 0 Å². The van der Waals surface area contributed by atoms with E-state index in [0.717, 1.165) is 37.6 Å². The van der Waals surface area contributed by atoms with Crippen molar-refractivity contribution in [1.29, 1.82) is 0 Å². The van der Waals surface area contributed by atoms with E-state index in [9.17, 15) is 4.79 Å². The van der Waals surface area contributed by atoms with Crippen LogP contribution < -0.4 is 10.2 Å². The second kappa shape index (κ2) is 8.84. The predicted octanol–water partition coefficient (Wildman–Crippen LogP) is 2.51. The summed E-state index contributed by atoms with van der Waals surface area (Å²) in [5.74, 6) is -0.244. The molecule has 0 saturated carbocycles. The first-order chi connectivity index (χ1) is 12.3. The average Bonchev–Trinajstić information content (AvgIpc) is 2.67. The molecule has 1 N–H and O–H groups in total. The predicted molar refractivity (Wildman–Crippen MR) is 98.1 cm³/mol.